The van der Waals surface area contributed by atoms with E-state index in [1.54, 1.807) is 18.2 Å². The molecule has 1 amide bonds. The van der Waals surface area contributed by atoms with Gasteiger partial charge in [-0.05, 0) is 12.8 Å². The van der Waals surface area contributed by atoms with Crippen LogP contribution in [0.1, 0.15) is 58.3 Å². The maximum atomic E-state index is 11.2. The number of carboxylic acids is 1. The molecule has 0 aliphatic carbocycles. The van der Waals surface area contributed by atoms with Gasteiger partial charge in [-0.1, -0.05) is 112 Å². The first-order valence-corrected chi connectivity index (χ1v) is 10.2. The zero-order chi connectivity index (χ0) is 20.7. The summed E-state index contributed by atoms with van der Waals surface area (Å²) in [5.41, 5.74) is 0. The van der Waals surface area contributed by atoms with Crippen LogP contribution in [0.25, 0.3) is 0 Å². The molecule has 0 saturated heterocycles. The molecule has 0 atom stereocenters. The number of nitrogens with one attached hydrogen (secondary N) is 1. The molecule has 0 aliphatic rings. The quantitative estimate of drug-likeness (QED) is 0.204. The van der Waals surface area contributed by atoms with E-state index in [0.717, 1.165) is 6.42 Å². The van der Waals surface area contributed by atoms with E-state index in [9.17, 15) is 9.59 Å². The van der Waals surface area contributed by atoms with Gasteiger partial charge < -0.3 is 10.4 Å². The van der Waals surface area contributed by atoms with Crippen LogP contribution in [-0.2, 0) is 9.59 Å². The zero-order valence-corrected chi connectivity index (χ0v) is 17.1. The maximum absolute atomic E-state index is 11.2. The SMILES string of the molecule is CCCCCCCCC/C=C/C=C/C=C/C=C/C=C/C=C/C(=O)NCC(=O)O. The molecule has 4 nitrogen and oxygen atoms in total. The van der Waals surface area contributed by atoms with Crippen LogP contribution in [0.3, 0.4) is 0 Å². The van der Waals surface area contributed by atoms with Gasteiger partial charge in [-0.2, -0.15) is 0 Å². The fraction of sp³-hybridized carbons (Fsp3) is 0.417. The molecule has 0 rings (SSSR count). The van der Waals surface area contributed by atoms with E-state index in [2.05, 4.69) is 24.4 Å². The lowest BCUT2D eigenvalue weighted by molar-refractivity contribution is -0.137. The summed E-state index contributed by atoms with van der Waals surface area (Å²) in [5.74, 6) is -1.49. The van der Waals surface area contributed by atoms with Gasteiger partial charge >= 0.3 is 5.97 Å². The summed E-state index contributed by atoms with van der Waals surface area (Å²) in [6.45, 7) is 1.87. The highest BCUT2D eigenvalue weighted by molar-refractivity contribution is 5.90. The van der Waals surface area contributed by atoms with Gasteiger partial charge in [0.1, 0.15) is 6.54 Å². The molecule has 0 aromatic heterocycles. The van der Waals surface area contributed by atoms with Gasteiger partial charge in [-0.15, -0.1) is 0 Å². The average Bonchev–Trinajstić information content (AvgIpc) is 2.68. The molecule has 0 saturated carbocycles. The summed E-state index contributed by atoms with van der Waals surface area (Å²) >= 11 is 0. The fourth-order valence-electron chi connectivity index (χ4n) is 2.27. The maximum Gasteiger partial charge on any atom is 0.322 e. The second kappa shape index (κ2) is 20.7. The van der Waals surface area contributed by atoms with Crippen molar-refractivity contribution >= 4 is 11.9 Å². The zero-order valence-electron chi connectivity index (χ0n) is 17.1. The normalized spacial score (nSPS) is 12.6. The Morgan fingerprint density at radius 3 is 1.79 bits per heavy atom. The molecule has 4 heteroatoms. The highest BCUT2D eigenvalue weighted by Crippen LogP contribution is 2.08. The van der Waals surface area contributed by atoms with E-state index in [0.29, 0.717) is 0 Å². The van der Waals surface area contributed by atoms with Crippen molar-refractivity contribution in [3.8, 4) is 0 Å². The molecule has 0 unspecified atom stereocenters. The largest absolute Gasteiger partial charge is 0.480 e. The predicted molar refractivity (Wildman–Crippen MR) is 118 cm³/mol. The Morgan fingerprint density at radius 1 is 0.714 bits per heavy atom. The second-order valence-electron chi connectivity index (χ2n) is 6.35. The molecule has 154 valence electrons. The lowest BCUT2D eigenvalue weighted by Crippen LogP contribution is -2.27. The number of hydrogen-bond donors (Lipinski definition) is 2. The molecule has 28 heavy (non-hydrogen) atoms. The first-order chi connectivity index (χ1) is 13.7. The molecule has 0 spiro atoms. The molecule has 0 aromatic carbocycles. The van der Waals surface area contributed by atoms with E-state index < -0.39 is 11.9 Å². The number of carbonyl (C=O) groups is 2. The Bertz CT molecular complexity index is 581. The first kappa shape index (κ1) is 25.4. The van der Waals surface area contributed by atoms with Gasteiger partial charge in [0, 0.05) is 6.08 Å². The Balaban J connectivity index is 3.70. The predicted octanol–water partition coefficient (Wildman–Crippen LogP) is 5.67. The Labute approximate surface area is 170 Å². The third-order valence-corrected chi connectivity index (χ3v) is 3.77. The number of carboxylic acid groups (broad SMARTS) is 1. The van der Waals surface area contributed by atoms with Crippen LogP contribution >= 0.6 is 0 Å². The fourth-order valence-corrected chi connectivity index (χ4v) is 2.27. The minimum absolute atomic E-state index is 0.376. The summed E-state index contributed by atoms with van der Waals surface area (Å²) in [5, 5.41) is 10.7. The molecule has 0 aliphatic heterocycles. The Morgan fingerprint density at radius 2 is 1.21 bits per heavy atom. The molecule has 2 N–H and O–H groups in total. The number of hydrogen-bond acceptors (Lipinski definition) is 2. The molecule has 0 aromatic rings. The van der Waals surface area contributed by atoms with E-state index in [1.807, 2.05) is 36.5 Å². The van der Waals surface area contributed by atoms with Crippen LogP contribution in [0.5, 0.6) is 0 Å². The Kier molecular flexibility index (Phi) is 18.8. The van der Waals surface area contributed by atoms with Gasteiger partial charge in [-0.3, -0.25) is 9.59 Å². The van der Waals surface area contributed by atoms with E-state index >= 15 is 0 Å². The summed E-state index contributed by atoms with van der Waals surface area (Å²) in [6.07, 6.45) is 32.8. The van der Waals surface area contributed by atoms with Crippen molar-refractivity contribution in [3.05, 3.63) is 72.9 Å². The molecule has 0 bridgehead atoms. The molecular formula is C24H35NO3. The summed E-state index contributed by atoms with van der Waals surface area (Å²) in [6, 6.07) is 0. The summed E-state index contributed by atoms with van der Waals surface area (Å²) < 4.78 is 0. The third-order valence-electron chi connectivity index (χ3n) is 3.77. The number of amides is 1. The minimum Gasteiger partial charge on any atom is -0.480 e. The Hall–Kier alpha value is -2.62. The molecule has 0 radical (unpaired) electrons. The van der Waals surface area contributed by atoms with Crippen LogP contribution in [0, 0.1) is 0 Å². The van der Waals surface area contributed by atoms with Gasteiger partial charge in [0.25, 0.3) is 0 Å². The van der Waals surface area contributed by atoms with Crippen molar-refractivity contribution in [1.29, 1.82) is 0 Å². The van der Waals surface area contributed by atoms with Crippen LogP contribution < -0.4 is 5.32 Å². The van der Waals surface area contributed by atoms with Crippen molar-refractivity contribution in [2.75, 3.05) is 6.54 Å². The van der Waals surface area contributed by atoms with Gasteiger partial charge in [0.2, 0.25) is 5.91 Å². The van der Waals surface area contributed by atoms with Crippen molar-refractivity contribution in [3.63, 3.8) is 0 Å². The number of allylic oxidation sites excluding steroid dienone is 11. The first-order valence-electron chi connectivity index (χ1n) is 10.2. The van der Waals surface area contributed by atoms with Crippen molar-refractivity contribution in [2.24, 2.45) is 0 Å². The molecule has 0 fully saturated rings. The van der Waals surface area contributed by atoms with Crippen molar-refractivity contribution in [1.82, 2.24) is 5.32 Å². The third kappa shape index (κ3) is 21.4. The highest BCUT2D eigenvalue weighted by Gasteiger charge is 1.97. The van der Waals surface area contributed by atoms with Crippen molar-refractivity contribution < 1.29 is 14.7 Å². The standard InChI is InChI=1S/C24H35NO3/c1-2-3-4-5-6-7-8-9-10-11-12-13-14-15-16-17-18-19-20-21-23(26)25-22-24(27)28/h10-21H,2-9,22H2,1H3,(H,25,26)(H,27,28)/b11-10+,13-12+,15-14+,17-16+,19-18+,21-20+. The lowest BCUT2D eigenvalue weighted by atomic mass is 10.1. The van der Waals surface area contributed by atoms with Crippen LogP contribution in [0.4, 0.5) is 0 Å². The molecular weight excluding hydrogens is 350 g/mol. The van der Waals surface area contributed by atoms with Gasteiger partial charge in [0.15, 0.2) is 0 Å². The van der Waals surface area contributed by atoms with E-state index in [4.69, 9.17) is 5.11 Å². The van der Waals surface area contributed by atoms with Crippen LogP contribution in [-0.4, -0.2) is 23.5 Å². The summed E-state index contributed by atoms with van der Waals surface area (Å²) in [7, 11) is 0. The average molecular weight is 386 g/mol. The number of aliphatic carboxylic acids is 1. The van der Waals surface area contributed by atoms with Crippen LogP contribution in [0.2, 0.25) is 0 Å². The van der Waals surface area contributed by atoms with Crippen molar-refractivity contribution in [2.45, 2.75) is 58.3 Å². The van der Waals surface area contributed by atoms with E-state index in [1.165, 1.54) is 51.0 Å². The lowest BCUT2D eigenvalue weighted by Gasteiger charge is -1.98. The highest BCUT2D eigenvalue weighted by atomic mass is 16.4. The number of carbonyl (C=O) groups excluding carboxylic acids is 1. The number of unbranched alkanes of at least 4 members (excludes halogenated alkanes) is 7. The van der Waals surface area contributed by atoms with E-state index in [-0.39, 0.29) is 6.54 Å². The van der Waals surface area contributed by atoms with Crippen LogP contribution in [0.15, 0.2) is 72.9 Å². The van der Waals surface area contributed by atoms with Gasteiger partial charge in [-0.25, -0.2) is 0 Å². The minimum atomic E-state index is -1.07. The topological polar surface area (TPSA) is 66.4 Å². The van der Waals surface area contributed by atoms with Gasteiger partial charge in [0.05, 0.1) is 0 Å². The second-order valence-corrected chi connectivity index (χ2v) is 6.35. The number of rotatable bonds is 16. The molecule has 0 heterocycles. The summed E-state index contributed by atoms with van der Waals surface area (Å²) in [4.78, 5) is 21.5. The monoisotopic (exact) mass is 385 g/mol. The smallest absolute Gasteiger partial charge is 0.322 e.